The van der Waals surface area contributed by atoms with Gasteiger partial charge in [-0.3, -0.25) is 0 Å². The molecule has 82 valence electrons. The van der Waals surface area contributed by atoms with Crippen LogP contribution in [0.3, 0.4) is 0 Å². The van der Waals surface area contributed by atoms with Gasteiger partial charge in [0.25, 0.3) is 0 Å². The van der Waals surface area contributed by atoms with Gasteiger partial charge in [-0.25, -0.2) is 9.13 Å². The Morgan fingerprint density at radius 3 is 2.69 bits per heavy atom. The molecule has 3 nitrogen and oxygen atoms in total. The summed E-state index contributed by atoms with van der Waals surface area (Å²) in [6.07, 6.45) is 2.46. The monoisotopic (exact) mass is 459 g/mol. The molecule has 0 unspecified atom stereocenters. The molecule has 0 fully saturated rings. The quantitative estimate of drug-likeness (QED) is 0.717. The van der Waals surface area contributed by atoms with E-state index in [9.17, 15) is 9.13 Å². The van der Waals surface area contributed by atoms with Gasteiger partial charge in [-0.15, -0.1) is 0 Å². The summed E-state index contributed by atoms with van der Waals surface area (Å²) in [7, 11) is -2.34. The maximum Gasteiger partial charge on any atom is 0.318 e. The van der Waals surface area contributed by atoms with Gasteiger partial charge in [0.1, 0.15) is 0 Å². The van der Waals surface area contributed by atoms with Crippen molar-refractivity contribution < 1.29 is 40.2 Å². The van der Waals surface area contributed by atoms with Gasteiger partial charge in [-0.1, -0.05) is 18.2 Å². The average molecular weight is 459 g/mol. The second-order valence-corrected chi connectivity index (χ2v) is 5.15. The summed E-state index contributed by atoms with van der Waals surface area (Å²) in [4.78, 5) is 3.14. The Morgan fingerprint density at radius 2 is 2.00 bits per heavy atom. The number of nitrogens with one attached hydrogen (secondary N) is 1. The maximum atomic E-state index is 10.8. The molecule has 0 saturated heterocycles. The summed E-state index contributed by atoms with van der Waals surface area (Å²) < 4.78 is 21.6. The predicted molar refractivity (Wildman–Crippen MR) is 59.8 cm³/mol. The van der Waals surface area contributed by atoms with Gasteiger partial charge in [0.15, 0.2) is 0 Å². The van der Waals surface area contributed by atoms with Crippen molar-refractivity contribution in [2.75, 3.05) is 0 Å². The molecule has 1 heterocycles. The number of para-hydroxylation sites is 1. The molecule has 1 atom stereocenters. The van der Waals surface area contributed by atoms with Crippen molar-refractivity contribution in [3.8, 4) is 0 Å². The second kappa shape index (κ2) is 5.87. The molecule has 16 heavy (non-hydrogen) atoms. The van der Waals surface area contributed by atoms with Crippen LogP contribution in [-0.4, -0.2) is 10.6 Å². The van der Waals surface area contributed by atoms with Crippen LogP contribution in [0, 0.1) is 31.1 Å². The Kier molecular flexibility index (Phi) is 5.05. The maximum absolute atomic E-state index is 10.8. The molecule has 1 N–H and O–H groups in total. The van der Waals surface area contributed by atoms with E-state index in [4.69, 9.17) is 0 Å². The van der Waals surface area contributed by atoms with Crippen LogP contribution < -0.4 is 0 Å². The minimum atomic E-state index is -2.34. The predicted octanol–water partition coefficient (Wildman–Crippen LogP) is 3.27. The second-order valence-electron chi connectivity index (χ2n) is 3.70. The summed E-state index contributed by atoms with van der Waals surface area (Å²) in [5.41, 5.74) is 1.82. The minimum absolute atomic E-state index is 0. The number of hydrogen-bond acceptors (Lipinski definition) is 2. The average Bonchev–Trinajstić information content (AvgIpc) is 2.62. The summed E-state index contributed by atoms with van der Waals surface area (Å²) >= 11 is 0. The van der Waals surface area contributed by atoms with Crippen molar-refractivity contribution in [3.63, 3.8) is 0 Å². The molecule has 2 rings (SSSR count). The van der Waals surface area contributed by atoms with Gasteiger partial charge in [0, 0.05) is 48.2 Å². The molecule has 1 aromatic carbocycles. The number of aromatic nitrogens is 1. The number of hydrogen-bond donors (Lipinski definition) is 1. The van der Waals surface area contributed by atoms with Crippen molar-refractivity contribution in [1.82, 2.24) is 4.98 Å². The van der Waals surface area contributed by atoms with E-state index >= 15 is 0 Å². The number of rotatable bonds is 3. The smallest absolute Gasteiger partial charge is 0.318 e. The minimum Gasteiger partial charge on any atom is -0.361 e. The molecule has 0 radical (unpaired) electrons. The largest absolute Gasteiger partial charge is 0.361 e. The van der Waals surface area contributed by atoms with E-state index in [0.717, 1.165) is 16.5 Å². The standard InChI is InChI=1S/C11H12NO2P.U/c1-8(15(13)14)6-9-7-12-11-5-3-2-4-10(9)11;/h2-5,7-8,12H,6H2,1H3;/t8-;/m1./s1. The molecule has 2 aromatic rings. The first-order valence-electron chi connectivity index (χ1n) is 4.87. The molecule has 5 heteroatoms. The Bertz CT molecular complexity index is 540. The van der Waals surface area contributed by atoms with Gasteiger partial charge in [0.2, 0.25) is 0 Å². The van der Waals surface area contributed by atoms with Crippen molar-refractivity contribution in [2.45, 2.75) is 19.0 Å². The van der Waals surface area contributed by atoms with E-state index in [1.54, 1.807) is 6.92 Å². The van der Waals surface area contributed by atoms with E-state index in [1.165, 1.54) is 0 Å². The fourth-order valence-corrected chi connectivity index (χ4v) is 2.04. The summed E-state index contributed by atoms with van der Waals surface area (Å²) in [6, 6.07) is 7.91. The van der Waals surface area contributed by atoms with Gasteiger partial charge >= 0.3 is 7.68 Å². The normalized spacial score (nSPS) is 12.1. The van der Waals surface area contributed by atoms with Crippen LogP contribution in [0.15, 0.2) is 30.5 Å². The molecule has 0 aliphatic carbocycles. The number of fused-ring (bicyclic) bond motifs is 1. The Hall–Kier alpha value is -0.288. The zero-order chi connectivity index (χ0) is 10.8. The number of aromatic amines is 1. The van der Waals surface area contributed by atoms with Gasteiger partial charge in [-0.05, 0) is 25.0 Å². The van der Waals surface area contributed by atoms with Crippen LogP contribution >= 0.6 is 7.68 Å². The molecule has 0 saturated carbocycles. The summed E-state index contributed by atoms with van der Waals surface area (Å²) in [6.45, 7) is 1.73. The zero-order valence-electron chi connectivity index (χ0n) is 8.93. The third-order valence-corrected chi connectivity index (χ3v) is 3.45. The molecule has 0 aliphatic rings. The van der Waals surface area contributed by atoms with Crippen molar-refractivity contribution >= 4 is 18.6 Å². The van der Waals surface area contributed by atoms with E-state index in [1.807, 2.05) is 30.5 Å². The molecular weight excluding hydrogens is 447 g/mol. The fraction of sp³-hybridized carbons (Fsp3) is 0.273. The summed E-state index contributed by atoms with van der Waals surface area (Å²) in [5, 5.41) is 1.11. The van der Waals surface area contributed by atoms with Crippen LogP contribution in [0.4, 0.5) is 0 Å². The topological polar surface area (TPSA) is 49.9 Å². The van der Waals surface area contributed by atoms with E-state index in [0.29, 0.717) is 6.42 Å². The van der Waals surface area contributed by atoms with Gasteiger partial charge < -0.3 is 4.98 Å². The van der Waals surface area contributed by atoms with Crippen LogP contribution in [0.1, 0.15) is 12.5 Å². The third kappa shape index (κ3) is 2.89. The number of benzene rings is 1. The molecule has 0 bridgehead atoms. The van der Waals surface area contributed by atoms with Gasteiger partial charge in [0.05, 0.1) is 5.66 Å². The first kappa shape index (κ1) is 13.8. The van der Waals surface area contributed by atoms with Gasteiger partial charge in [-0.2, -0.15) is 0 Å². The molecule has 0 spiro atoms. The number of H-pyrrole nitrogens is 1. The van der Waals surface area contributed by atoms with Crippen molar-refractivity contribution in [2.24, 2.45) is 0 Å². The Labute approximate surface area is 118 Å². The van der Waals surface area contributed by atoms with E-state index < -0.39 is 7.68 Å². The first-order valence-corrected chi connectivity index (χ1v) is 6.11. The SMILES string of the molecule is C[C@H](Cc1c[nH]c2ccccc12)P(=O)=O.[U]. The van der Waals surface area contributed by atoms with E-state index in [2.05, 4.69) is 4.98 Å². The first-order chi connectivity index (χ1) is 7.18. The van der Waals surface area contributed by atoms with Crippen molar-refractivity contribution in [3.05, 3.63) is 36.0 Å². The van der Waals surface area contributed by atoms with E-state index in [-0.39, 0.29) is 36.8 Å². The molecular formula is C11H12NO2PU. The van der Waals surface area contributed by atoms with Crippen LogP contribution in [0.2, 0.25) is 0 Å². The molecule has 0 amide bonds. The molecule has 0 aliphatic heterocycles. The zero-order valence-corrected chi connectivity index (χ0v) is 14.0. The van der Waals surface area contributed by atoms with Crippen molar-refractivity contribution in [1.29, 1.82) is 0 Å². The Balaban J connectivity index is 0.00000128. The third-order valence-electron chi connectivity index (χ3n) is 2.55. The van der Waals surface area contributed by atoms with Crippen LogP contribution in [0.25, 0.3) is 10.9 Å². The van der Waals surface area contributed by atoms with Crippen LogP contribution in [0.5, 0.6) is 0 Å². The summed E-state index contributed by atoms with van der Waals surface area (Å²) in [5.74, 6) is 0. The van der Waals surface area contributed by atoms with Crippen LogP contribution in [-0.2, 0) is 15.6 Å². The Morgan fingerprint density at radius 1 is 1.31 bits per heavy atom. The fourth-order valence-electron chi connectivity index (χ4n) is 1.69. The molecule has 1 aromatic heterocycles.